The first-order valence-corrected chi connectivity index (χ1v) is 10.3. The first-order chi connectivity index (χ1) is 15.0. The number of para-hydroxylation sites is 1. The summed E-state index contributed by atoms with van der Waals surface area (Å²) in [7, 11) is 1.60. The Morgan fingerprint density at radius 2 is 1.90 bits per heavy atom. The van der Waals surface area contributed by atoms with Crippen molar-refractivity contribution in [2.24, 2.45) is 0 Å². The SMILES string of the molecule is COc1ccccc1-c1nn(CC(=O)Nc2ccc(C)c(Cl)c2)c(=S)n1-n1cccc1. The summed E-state index contributed by atoms with van der Waals surface area (Å²) in [6.07, 6.45) is 3.71. The smallest absolute Gasteiger partial charge is 0.246 e. The highest BCUT2D eigenvalue weighted by Crippen LogP contribution is 2.29. The third-order valence-electron chi connectivity index (χ3n) is 4.73. The van der Waals surface area contributed by atoms with Gasteiger partial charge in [-0.1, -0.05) is 29.8 Å². The molecule has 31 heavy (non-hydrogen) atoms. The maximum Gasteiger partial charge on any atom is 0.246 e. The largest absolute Gasteiger partial charge is 0.496 e. The minimum Gasteiger partial charge on any atom is -0.496 e. The molecule has 7 nitrogen and oxygen atoms in total. The van der Waals surface area contributed by atoms with E-state index >= 15 is 0 Å². The Morgan fingerprint density at radius 1 is 1.16 bits per heavy atom. The van der Waals surface area contributed by atoms with Crippen LogP contribution in [0.4, 0.5) is 5.69 Å². The van der Waals surface area contributed by atoms with Crippen LogP contribution in [0.1, 0.15) is 5.56 Å². The molecule has 0 spiro atoms. The Hall–Kier alpha value is -3.36. The van der Waals surface area contributed by atoms with E-state index in [9.17, 15) is 4.79 Å². The predicted molar refractivity (Wildman–Crippen MR) is 123 cm³/mol. The fourth-order valence-corrected chi connectivity index (χ4v) is 3.64. The molecule has 2 aromatic heterocycles. The molecule has 0 atom stereocenters. The van der Waals surface area contributed by atoms with Gasteiger partial charge >= 0.3 is 0 Å². The second-order valence-electron chi connectivity index (χ2n) is 6.85. The lowest BCUT2D eigenvalue weighted by Crippen LogP contribution is -2.20. The number of halogens is 1. The predicted octanol–water partition coefficient (Wildman–Crippen LogP) is 4.80. The zero-order valence-electron chi connectivity index (χ0n) is 16.9. The number of amides is 1. The Morgan fingerprint density at radius 3 is 2.61 bits per heavy atom. The highest BCUT2D eigenvalue weighted by atomic mass is 35.5. The molecule has 0 saturated carbocycles. The van der Waals surface area contributed by atoms with Crippen molar-refractivity contribution in [2.75, 3.05) is 12.4 Å². The van der Waals surface area contributed by atoms with E-state index in [4.69, 9.17) is 28.6 Å². The Labute approximate surface area is 189 Å². The van der Waals surface area contributed by atoms with Crippen LogP contribution in [0, 0.1) is 11.7 Å². The minimum absolute atomic E-state index is 0.0548. The molecule has 0 aliphatic rings. The minimum atomic E-state index is -0.264. The monoisotopic (exact) mass is 453 g/mol. The fourth-order valence-electron chi connectivity index (χ4n) is 3.17. The quantitative estimate of drug-likeness (QED) is 0.426. The summed E-state index contributed by atoms with van der Waals surface area (Å²) in [5, 5.41) is 8.07. The van der Waals surface area contributed by atoms with Crippen molar-refractivity contribution in [1.29, 1.82) is 0 Å². The normalized spacial score (nSPS) is 10.8. The second kappa shape index (κ2) is 8.79. The Balaban J connectivity index is 1.71. The summed E-state index contributed by atoms with van der Waals surface area (Å²) in [4.78, 5) is 12.7. The van der Waals surface area contributed by atoms with Gasteiger partial charge < -0.3 is 10.1 Å². The zero-order valence-corrected chi connectivity index (χ0v) is 18.5. The van der Waals surface area contributed by atoms with E-state index in [2.05, 4.69) is 10.4 Å². The van der Waals surface area contributed by atoms with Crippen LogP contribution < -0.4 is 10.1 Å². The van der Waals surface area contributed by atoms with Crippen molar-refractivity contribution in [2.45, 2.75) is 13.5 Å². The molecule has 2 heterocycles. The lowest BCUT2D eigenvalue weighted by atomic mass is 10.2. The Bertz CT molecular complexity index is 1290. The Kier molecular flexibility index (Phi) is 5.92. The maximum absolute atomic E-state index is 12.7. The van der Waals surface area contributed by atoms with E-state index in [1.54, 1.807) is 23.9 Å². The number of carbonyl (C=O) groups is 1. The van der Waals surface area contributed by atoms with Gasteiger partial charge in [-0.2, -0.15) is 0 Å². The molecular weight excluding hydrogens is 434 g/mol. The van der Waals surface area contributed by atoms with Crippen LogP contribution in [0.15, 0.2) is 67.0 Å². The van der Waals surface area contributed by atoms with Crippen LogP contribution in [0.25, 0.3) is 11.4 Å². The zero-order chi connectivity index (χ0) is 22.0. The van der Waals surface area contributed by atoms with Gasteiger partial charge in [0, 0.05) is 23.1 Å². The molecule has 2 aromatic carbocycles. The van der Waals surface area contributed by atoms with Gasteiger partial charge in [0.2, 0.25) is 10.7 Å². The van der Waals surface area contributed by atoms with E-state index in [1.807, 2.05) is 66.5 Å². The molecule has 4 rings (SSSR count). The van der Waals surface area contributed by atoms with Crippen molar-refractivity contribution < 1.29 is 9.53 Å². The number of aromatic nitrogens is 4. The van der Waals surface area contributed by atoms with Crippen molar-refractivity contribution in [3.05, 3.63) is 82.3 Å². The molecular formula is C22H20ClN5O2S. The highest BCUT2D eigenvalue weighted by molar-refractivity contribution is 7.71. The van der Waals surface area contributed by atoms with Crippen LogP contribution in [0.3, 0.4) is 0 Å². The van der Waals surface area contributed by atoms with E-state index in [1.165, 1.54) is 4.68 Å². The number of ether oxygens (including phenoxy) is 1. The third kappa shape index (κ3) is 4.26. The van der Waals surface area contributed by atoms with Gasteiger partial charge in [-0.25, -0.2) is 9.36 Å². The molecule has 4 aromatic rings. The lowest BCUT2D eigenvalue weighted by molar-refractivity contribution is -0.116. The molecule has 0 radical (unpaired) electrons. The highest BCUT2D eigenvalue weighted by Gasteiger charge is 2.19. The van der Waals surface area contributed by atoms with E-state index in [-0.39, 0.29) is 12.5 Å². The summed E-state index contributed by atoms with van der Waals surface area (Å²) in [6, 6.07) is 16.7. The van der Waals surface area contributed by atoms with Crippen molar-refractivity contribution >= 4 is 35.4 Å². The van der Waals surface area contributed by atoms with Crippen LogP contribution in [0.5, 0.6) is 5.75 Å². The molecule has 158 valence electrons. The van der Waals surface area contributed by atoms with E-state index in [0.29, 0.717) is 27.1 Å². The molecule has 0 aliphatic heterocycles. The summed E-state index contributed by atoms with van der Waals surface area (Å²) >= 11 is 11.8. The number of benzene rings is 2. The van der Waals surface area contributed by atoms with Crippen molar-refractivity contribution in [1.82, 2.24) is 19.1 Å². The number of anilines is 1. The van der Waals surface area contributed by atoms with Gasteiger partial charge in [0.05, 0.1) is 12.7 Å². The average Bonchev–Trinajstić information content (AvgIpc) is 3.39. The van der Waals surface area contributed by atoms with E-state index in [0.717, 1.165) is 11.1 Å². The molecule has 1 N–H and O–H groups in total. The molecule has 0 aliphatic carbocycles. The topological polar surface area (TPSA) is 66.0 Å². The van der Waals surface area contributed by atoms with Crippen LogP contribution >= 0.6 is 23.8 Å². The standard InChI is InChI=1S/C22H20ClN5O2S/c1-15-9-10-16(13-18(15)23)24-20(29)14-27-22(31)28(26-11-5-6-12-26)21(25-27)17-7-3-4-8-19(17)30-2/h3-13H,14H2,1-2H3,(H,24,29). The molecule has 0 fully saturated rings. The molecule has 1 amide bonds. The lowest BCUT2D eigenvalue weighted by Gasteiger charge is -2.10. The van der Waals surface area contributed by atoms with Crippen molar-refractivity contribution in [3.63, 3.8) is 0 Å². The third-order valence-corrected chi connectivity index (χ3v) is 5.53. The second-order valence-corrected chi connectivity index (χ2v) is 7.62. The first kappa shape index (κ1) is 20.9. The average molecular weight is 454 g/mol. The maximum atomic E-state index is 12.7. The number of carbonyl (C=O) groups excluding carboxylic acids is 1. The first-order valence-electron chi connectivity index (χ1n) is 9.51. The molecule has 0 saturated heterocycles. The van der Waals surface area contributed by atoms with Gasteiger partial charge in [0.25, 0.3) is 0 Å². The molecule has 0 bridgehead atoms. The molecule has 0 unspecified atom stereocenters. The molecule has 9 heteroatoms. The van der Waals surface area contributed by atoms with Crippen molar-refractivity contribution in [3.8, 4) is 17.1 Å². The van der Waals surface area contributed by atoms with Gasteiger partial charge in [0.1, 0.15) is 12.3 Å². The van der Waals surface area contributed by atoms with Gasteiger partial charge in [-0.05, 0) is 61.1 Å². The summed E-state index contributed by atoms with van der Waals surface area (Å²) in [5.41, 5.74) is 2.31. The van der Waals surface area contributed by atoms with Crippen LogP contribution in [-0.2, 0) is 11.3 Å². The number of methoxy groups -OCH3 is 1. The summed E-state index contributed by atoms with van der Waals surface area (Å²) in [5.74, 6) is 0.950. The number of nitrogens with one attached hydrogen (secondary N) is 1. The van der Waals surface area contributed by atoms with Gasteiger partial charge in [-0.3, -0.25) is 9.47 Å². The van der Waals surface area contributed by atoms with Gasteiger partial charge in [-0.15, -0.1) is 5.10 Å². The fraction of sp³-hybridized carbons (Fsp3) is 0.136. The van der Waals surface area contributed by atoms with Crippen LogP contribution in [-0.4, -0.2) is 32.1 Å². The number of rotatable bonds is 6. The summed E-state index contributed by atoms with van der Waals surface area (Å²) in [6.45, 7) is 1.85. The van der Waals surface area contributed by atoms with Crippen LogP contribution in [0.2, 0.25) is 5.02 Å². The number of nitrogens with zero attached hydrogens (tertiary/aromatic N) is 4. The number of aryl methyl sites for hydroxylation is 1. The van der Waals surface area contributed by atoms with E-state index < -0.39 is 0 Å². The number of hydrogen-bond donors (Lipinski definition) is 1. The summed E-state index contributed by atoms with van der Waals surface area (Å²) < 4.78 is 10.9. The number of hydrogen-bond acceptors (Lipinski definition) is 4. The van der Waals surface area contributed by atoms with Gasteiger partial charge in [0.15, 0.2) is 5.82 Å².